The Morgan fingerprint density at radius 2 is 1.83 bits per heavy atom. The molecule has 2 aliphatic rings. The topological polar surface area (TPSA) is 155 Å². The van der Waals surface area contributed by atoms with Crippen molar-refractivity contribution < 1.29 is 28.5 Å². The van der Waals surface area contributed by atoms with Gasteiger partial charge in [-0.05, 0) is 34.4 Å². The standard InChI is InChI=1S/C24H28N4O6S/c1-28-15-19-13-18(6-7-21(19)35(28,32)33)17-4-2-16(3-5-17)12-20(14-25)26-22(29)24(27-23(30)31)8-10-34-11-9-24/h2-7,13,20,27,32-33H,8-12,15H2,1H3,(H,26,29)(H,30,31). The van der Waals surface area contributed by atoms with Gasteiger partial charge in [-0.1, -0.05) is 30.3 Å². The molecule has 5 N–H and O–H groups in total. The summed E-state index contributed by atoms with van der Waals surface area (Å²) in [6.45, 7) is 0.964. The van der Waals surface area contributed by atoms with E-state index in [1.807, 2.05) is 36.4 Å². The number of carbonyl (C=O) groups excluding carboxylic acids is 1. The minimum Gasteiger partial charge on any atom is -0.465 e. The second-order valence-electron chi connectivity index (χ2n) is 8.81. The quantitative estimate of drug-likeness (QED) is 0.405. The molecule has 10 nitrogen and oxygen atoms in total. The van der Waals surface area contributed by atoms with E-state index in [4.69, 9.17) is 4.74 Å². The molecule has 2 aromatic rings. The molecule has 2 aliphatic heterocycles. The molecule has 1 saturated heterocycles. The first-order chi connectivity index (χ1) is 16.6. The summed E-state index contributed by atoms with van der Waals surface area (Å²) in [6.07, 6.45) is -0.639. The fraction of sp³-hybridized carbons (Fsp3) is 0.375. The molecule has 0 spiro atoms. The highest BCUT2D eigenvalue weighted by Crippen LogP contribution is 2.58. The fourth-order valence-electron chi connectivity index (χ4n) is 4.48. The number of ether oxygens (including phenoxy) is 1. The van der Waals surface area contributed by atoms with E-state index in [1.165, 1.54) is 4.31 Å². The van der Waals surface area contributed by atoms with Crippen LogP contribution in [0.5, 0.6) is 0 Å². The summed E-state index contributed by atoms with van der Waals surface area (Å²) in [5.41, 5.74) is 2.27. The van der Waals surface area contributed by atoms with Crippen molar-refractivity contribution in [2.75, 3.05) is 20.3 Å². The Bertz CT molecular complexity index is 1160. The third-order valence-electron chi connectivity index (χ3n) is 6.50. The van der Waals surface area contributed by atoms with E-state index < -0.39 is 34.4 Å². The highest BCUT2D eigenvalue weighted by Gasteiger charge is 2.42. The van der Waals surface area contributed by atoms with Gasteiger partial charge >= 0.3 is 6.09 Å². The van der Waals surface area contributed by atoms with Gasteiger partial charge < -0.3 is 20.5 Å². The molecule has 2 amide bonds. The van der Waals surface area contributed by atoms with Crippen LogP contribution in [0.3, 0.4) is 0 Å². The normalized spacial score (nSPS) is 20.2. The molecule has 2 heterocycles. The number of carboxylic acid groups (broad SMARTS) is 1. The molecule has 186 valence electrons. The van der Waals surface area contributed by atoms with Crippen LogP contribution in [-0.4, -0.2) is 62.4 Å². The maximum absolute atomic E-state index is 12.9. The minimum absolute atomic E-state index is 0.198. The molecule has 0 saturated carbocycles. The zero-order chi connectivity index (χ0) is 25.2. The largest absolute Gasteiger partial charge is 0.465 e. The molecule has 4 rings (SSSR count). The van der Waals surface area contributed by atoms with E-state index >= 15 is 0 Å². The molecular formula is C24H28N4O6S. The van der Waals surface area contributed by atoms with Gasteiger partial charge in [0.2, 0.25) is 5.91 Å². The molecule has 0 aliphatic carbocycles. The minimum atomic E-state index is -2.91. The van der Waals surface area contributed by atoms with Gasteiger partial charge in [0.15, 0.2) is 0 Å². The van der Waals surface area contributed by atoms with Crippen LogP contribution in [-0.2, 0) is 22.5 Å². The van der Waals surface area contributed by atoms with Crippen molar-refractivity contribution in [2.24, 2.45) is 0 Å². The van der Waals surface area contributed by atoms with Crippen LogP contribution in [0, 0.1) is 11.3 Å². The summed E-state index contributed by atoms with van der Waals surface area (Å²) in [4.78, 5) is 24.7. The van der Waals surface area contributed by atoms with E-state index in [0.717, 1.165) is 22.3 Å². The maximum atomic E-state index is 12.9. The van der Waals surface area contributed by atoms with Crippen molar-refractivity contribution in [3.63, 3.8) is 0 Å². The molecule has 1 unspecified atom stereocenters. The maximum Gasteiger partial charge on any atom is 0.405 e. The van der Waals surface area contributed by atoms with E-state index in [0.29, 0.717) is 11.4 Å². The van der Waals surface area contributed by atoms with Crippen LogP contribution in [0.2, 0.25) is 0 Å². The summed E-state index contributed by atoms with van der Waals surface area (Å²) in [5.74, 6) is -0.527. The Morgan fingerprint density at radius 3 is 2.46 bits per heavy atom. The second kappa shape index (κ2) is 9.85. The van der Waals surface area contributed by atoms with Crippen molar-refractivity contribution in [1.82, 2.24) is 14.9 Å². The Labute approximate surface area is 205 Å². The number of benzene rings is 2. The van der Waals surface area contributed by atoms with Gasteiger partial charge in [-0.2, -0.15) is 5.26 Å². The monoisotopic (exact) mass is 500 g/mol. The Balaban J connectivity index is 1.44. The number of hydrogen-bond acceptors (Lipinski definition) is 7. The fourth-order valence-corrected chi connectivity index (χ4v) is 5.86. The van der Waals surface area contributed by atoms with Crippen LogP contribution in [0.1, 0.15) is 24.0 Å². The van der Waals surface area contributed by atoms with Gasteiger partial charge in [0.05, 0.1) is 11.0 Å². The summed E-state index contributed by atoms with van der Waals surface area (Å²) < 4.78 is 27.4. The van der Waals surface area contributed by atoms with Crippen LogP contribution < -0.4 is 10.6 Å². The smallest absolute Gasteiger partial charge is 0.405 e. The number of nitrogens with zero attached hydrogens (tertiary/aromatic N) is 2. The number of nitrogens with one attached hydrogen (secondary N) is 2. The first kappa shape index (κ1) is 25.0. The zero-order valence-electron chi connectivity index (χ0n) is 19.2. The lowest BCUT2D eigenvalue weighted by atomic mass is 9.88. The number of hydrogen-bond donors (Lipinski definition) is 5. The Hall–Kier alpha value is -3.14. The molecule has 0 aromatic heterocycles. The van der Waals surface area contributed by atoms with Crippen molar-refractivity contribution in [3.05, 3.63) is 53.6 Å². The lowest BCUT2D eigenvalue weighted by Crippen LogP contribution is -2.62. The van der Waals surface area contributed by atoms with Crippen molar-refractivity contribution in [3.8, 4) is 17.2 Å². The SMILES string of the molecule is CN1Cc2cc(-c3ccc(CC(C#N)NC(=O)C4(NC(=O)O)CCOCC4)cc3)ccc2S1(O)O. The molecule has 2 aromatic carbocycles. The molecule has 1 atom stereocenters. The molecule has 0 bridgehead atoms. The van der Waals surface area contributed by atoms with E-state index in [1.54, 1.807) is 13.1 Å². The van der Waals surface area contributed by atoms with Gasteiger partial charge in [-0.3, -0.25) is 13.9 Å². The number of amides is 2. The Morgan fingerprint density at radius 1 is 1.17 bits per heavy atom. The van der Waals surface area contributed by atoms with Gasteiger partial charge in [-0.15, -0.1) is 10.8 Å². The van der Waals surface area contributed by atoms with Crippen LogP contribution in [0.25, 0.3) is 11.1 Å². The average molecular weight is 501 g/mol. The van der Waals surface area contributed by atoms with Gasteiger partial charge in [0, 0.05) is 46.1 Å². The molecular weight excluding hydrogens is 472 g/mol. The van der Waals surface area contributed by atoms with Crippen molar-refractivity contribution in [1.29, 1.82) is 5.26 Å². The molecule has 35 heavy (non-hydrogen) atoms. The van der Waals surface area contributed by atoms with Crippen LogP contribution in [0.15, 0.2) is 47.4 Å². The van der Waals surface area contributed by atoms with Crippen LogP contribution in [0.4, 0.5) is 4.79 Å². The highest BCUT2D eigenvalue weighted by molar-refractivity contribution is 8.22. The number of rotatable bonds is 6. The van der Waals surface area contributed by atoms with E-state index in [2.05, 4.69) is 16.7 Å². The summed E-state index contributed by atoms with van der Waals surface area (Å²) in [5, 5.41) is 23.8. The van der Waals surface area contributed by atoms with Crippen molar-refractivity contribution >= 4 is 22.8 Å². The third kappa shape index (κ3) is 5.12. The number of fused-ring (bicyclic) bond motifs is 1. The van der Waals surface area contributed by atoms with Gasteiger partial charge in [0.25, 0.3) is 0 Å². The number of carbonyl (C=O) groups is 2. The average Bonchev–Trinajstić information content (AvgIpc) is 3.06. The highest BCUT2D eigenvalue weighted by atomic mass is 32.3. The van der Waals surface area contributed by atoms with Gasteiger partial charge in [0.1, 0.15) is 11.6 Å². The molecule has 1 fully saturated rings. The molecule has 11 heteroatoms. The van der Waals surface area contributed by atoms with Gasteiger partial charge in [-0.25, -0.2) is 9.10 Å². The van der Waals surface area contributed by atoms with Crippen molar-refractivity contribution in [2.45, 2.75) is 42.3 Å². The van der Waals surface area contributed by atoms with E-state index in [-0.39, 0.29) is 32.5 Å². The lowest BCUT2D eigenvalue weighted by molar-refractivity contribution is -0.131. The predicted octanol–water partition coefficient (Wildman–Crippen LogP) is 3.19. The van der Waals surface area contributed by atoms with E-state index in [9.17, 15) is 29.1 Å². The lowest BCUT2D eigenvalue weighted by Gasteiger charge is -2.36. The predicted molar refractivity (Wildman–Crippen MR) is 130 cm³/mol. The second-order valence-corrected chi connectivity index (χ2v) is 10.9. The zero-order valence-corrected chi connectivity index (χ0v) is 20.0. The first-order valence-corrected chi connectivity index (χ1v) is 12.7. The molecule has 0 radical (unpaired) electrons. The first-order valence-electron chi connectivity index (χ1n) is 11.2. The third-order valence-corrected chi connectivity index (χ3v) is 8.49. The summed E-state index contributed by atoms with van der Waals surface area (Å²) in [6, 6.07) is 14.4. The Kier molecular flexibility index (Phi) is 7.02. The number of nitriles is 1. The summed E-state index contributed by atoms with van der Waals surface area (Å²) in [7, 11) is -1.24. The van der Waals surface area contributed by atoms with Crippen LogP contribution >= 0.6 is 10.8 Å². The summed E-state index contributed by atoms with van der Waals surface area (Å²) >= 11 is 0.